The molecule has 0 fully saturated rings. The van der Waals surface area contributed by atoms with Crippen LogP contribution in [0.4, 0.5) is 17.1 Å². The molecule has 0 atom stereocenters. The highest BCUT2D eigenvalue weighted by Crippen LogP contribution is 2.52. The van der Waals surface area contributed by atoms with E-state index >= 15 is 0 Å². The van der Waals surface area contributed by atoms with Gasteiger partial charge in [-0.05, 0) is 173 Å². The van der Waals surface area contributed by atoms with Gasteiger partial charge in [-0.15, -0.1) is 0 Å². The average molecular weight is 811 g/mol. The number of benzene rings is 11. The summed E-state index contributed by atoms with van der Waals surface area (Å²) in [4.78, 5) is 2.41. The number of fused-ring (bicyclic) bond motifs is 17. The van der Waals surface area contributed by atoms with Crippen LogP contribution in [0, 0.1) is 0 Å². The minimum atomic E-state index is 1.12. The maximum Gasteiger partial charge on any atom is 0.0541 e. The van der Waals surface area contributed by atoms with Gasteiger partial charge in [-0.1, -0.05) is 146 Å². The van der Waals surface area contributed by atoms with Crippen LogP contribution in [-0.4, -0.2) is 4.57 Å². The van der Waals surface area contributed by atoms with Gasteiger partial charge in [0.15, 0.2) is 0 Å². The van der Waals surface area contributed by atoms with E-state index in [2.05, 4.69) is 240 Å². The lowest BCUT2D eigenvalue weighted by Crippen LogP contribution is -2.10. The minimum absolute atomic E-state index is 1.12. The number of para-hydroxylation sites is 3. The Kier molecular flexibility index (Phi) is 7.43. The van der Waals surface area contributed by atoms with E-state index < -0.39 is 0 Å². The molecule has 0 unspecified atom stereocenters. The zero-order valence-electron chi connectivity index (χ0n) is 34.8. The summed E-state index contributed by atoms with van der Waals surface area (Å²) >= 11 is 0. The first-order valence-electron chi connectivity index (χ1n) is 22.2. The third kappa shape index (κ3) is 5.14. The second kappa shape index (κ2) is 13.5. The van der Waals surface area contributed by atoms with Crippen LogP contribution in [0.1, 0.15) is 0 Å². The van der Waals surface area contributed by atoms with Gasteiger partial charge in [-0.3, -0.25) is 0 Å². The molecular weight excluding hydrogens is 773 g/mol. The molecule has 2 heteroatoms. The number of aromatic nitrogens is 1. The molecule has 0 radical (unpaired) electrons. The molecule has 1 aromatic heterocycles. The van der Waals surface area contributed by atoms with Crippen LogP contribution in [0.2, 0.25) is 0 Å². The molecule has 0 saturated heterocycles. The SMILES string of the molecule is c1ccc(N(c2ccc3c(c2)-c2ccccc2-c2ccccc2-c2ccccc2-3)c2ccc3cc4c(cc3c2)-c2cc3cc(-n5c6ccccc6c6ccccc65)ccc3cc2-4)cc1. The molecular formula is C62H38N2. The lowest BCUT2D eigenvalue weighted by atomic mass is 9.78. The summed E-state index contributed by atoms with van der Waals surface area (Å²) in [6.07, 6.45) is 0. The molecule has 296 valence electrons. The third-order valence-corrected chi connectivity index (χ3v) is 13.8. The van der Waals surface area contributed by atoms with Gasteiger partial charge in [-0.25, -0.2) is 0 Å². The fraction of sp³-hybridized carbons (Fsp3) is 0. The van der Waals surface area contributed by atoms with Gasteiger partial charge in [0.2, 0.25) is 0 Å². The highest BCUT2D eigenvalue weighted by Gasteiger charge is 2.26. The first-order valence-corrected chi connectivity index (χ1v) is 22.2. The first kappa shape index (κ1) is 35.2. The van der Waals surface area contributed by atoms with E-state index in [1.54, 1.807) is 0 Å². The van der Waals surface area contributed by atoms with E-state index in [0.717, 1.165) is 17.1 Å². The second-order valence-corrected chi connectivity index (χ2v) is 17.3. The first-order chi connectivity index (χ1) is 31.7. The summed E-state index contributed by atoms with van der Waals surface area (Å²) in [5.41, 5.74) is 22.2. The fourth-order valence-corrected chi connectivity index (χ4v) is 10.9. The smallest absolute Gasteiger partial charge is 0.0541 e. The van der Waals surface area contributed by atoms with Crippen molar-refractivity contribution < 1.29 is 0 Å². The Labute approximate surface area is 371 Å². The Balaban J connectivity index is 0.898. The van der Waals surface area contributed by atoms with Gasteiger partial charge >= 0.3 is 0 Å². The Morgan fingerprint density at radius 1 is 0.234 bits per heavy atom. The molecule has 2 nitrogen and oxygen atoms in total. The second-order valence-electron chi connectivity index (χ2n) is 17.3. The lowest BCUT2D eigenvalue weighted by molar-refractivity contribution is 1.19. The average Bonchev–Trinajstić information content (AvgIpc) is 3.69. The molecule has 64 heavy (non-hydrogen) atoms. The summed E-state index contributed by atoms with van der Waals surface area (Å²) in [5, 5.41) is 7.53. The van der Waals surface area contributed by atoms with Gasteiger partial charge in [0.1, 0.15) is 0 Å². The largest absolute Gasteiger partial charge is 0.310 e. The van der Waals surface area contributed by atoms with Crippen molar-refractivity contribution in [1.82, 2.24) is 4.57 Å². The van der Waals surface area contributed by atoms with E-state index in [1.165, 1.54) is 116 Å². The van der Waals surface area contributed by atoms with Crippen LogP contribution in [0.15, 0.2) is 231 Å². The van der Waals surface area contributed by atoms with Gasteiger partial charge < -0.3 is 9.47 Å². The molecule has 0 saturated carbocycles. The highest BCUT2D eigenvalue weighted by atomic mass is 15.1. The predicted molar refractivity (Wildman–Crippen MR) is 270 cm³/mol. The van der Waals surface area contributed by atoms with Crippen molar-refractivity contribution in [2.45, 2.75) is 0 Å². The zero-order valence-corrected chi connectivity index (χ0v) is 34.8. The topological polar surface area (TPSA) is 8.17 Å². The normalized spacial score (nSPS) is 12.1. The molecule has 0 spiro atoms. The van der Waals surface area contributed by atoms with E-state index in [1.807, 2.05) is 0 Å². The van der Waals surface area contributed by atoms with Crippen LogP contribution in [0.3, 0.4) is 0 Å². The number of hydrogen-bond donors (Lipinski definition) is 0. The maximum atomic E-state index is 2.41. The van der Waals surface area contributed by atoms with Crippen molar-refractivity contribution in [3.63, 3.8) is 0 Å². The summed E-state index contributed by atoms with van der Waals surface area (Å²) in [5.74, 6) is 0. The molecule has 2 aliphatic rings. The molecule has 0 N–H and O–H groups in total. The molecule has 0 amide bonds. The van der Waals surface area contributed by atoms with E-state index in [-0.39, 0.29) is 0 Å². The maximum absolute atomic E-state index is 2.41. The monoisotopic (exact) mass is 810 g/mol. The summed E-state index contributed by atoms with van der Waals surface area (Å²) < 4.78 is 2.41. The Morgan fingerprint density at radius 3 is 1.19 bits per heavy atom. The van der Waals surface area contributed by atoms with Gasteiger partial charge in [-0.2, -0.15) is 0 Å². The van der Waals surface area contributed by atoms with Gasteiger partial charge in [0, 0.05) is 33.5 Å². The lowest BCUT2D eigenvalue weighted by Gasteiger charge is -2.29. The molecule has 1 heterocycles. The third-order valence-electron chi connectivity index (χ3n) is 13.8. The van der Waals surface area contributed by atoms with Crippen molar-refractivity contribution in [3.05, 3.63) is 231 Å². The molecule has 2 aliphatic carbocycles. The minimum Gasteiger partial charge on any atom is -0.310 e. The number of hydrogen-bond acceptors (Lipinski definition) is 1. The summed E-state index contributed by atoms with van der Waals surface area (Å²) in [7, 11) is 0. The Hall–Kier alpha value is -8.46. The van der Waals surface area contributed by atoms with Crippen molar-refractivity contribution in [2.24, 2.45) is 0 Å². The number of rotatable bonds is 4. The summed E-state index contributed by atoms with van der Waals surface area (Å²) in [6, 6.07) is 85.4. The van der Waals surface area contributed by atoms with Gasteiger partial charge in [0.25, 0.3) is 0 Å². The van der Waals surface area contributed by atoms with E-state index in [0.29, 0.717) is 0 Å². The quantitative estimate of drug-likeness (QED) is 0.172. The van der Waals surface area contributed by atoms with E-state index in [9.17, 15) is 0 Å². The Bertz CT molecular complexity index is 3850. The van der Waals surface area contributed by atoms with Crippen molar-refractivity contribution in [3.8, 4) is 72.4 Å². The molecule has 0 aliphatic heterocycles. The predicted octanol–water partition coefficient (Wildman–Crippen LogP) is 17.2. The van der Waals surface area contributed by atoms with Crippen LogP contribution in [0.5, 0.6) is 0 Å². The molecule has 0 bridgehead atoms. The Morgan fingerprint density at radius 2 is 0.625 bits per heavy atom. The zero-order chi connectivity index (χ0) is 41.9. The molecule has 14 rings (SSSR count). The summed E-state index contributed by atoms with van der Waals surface area (Å²) in [6.45, 7) is 0. The molecule has 12 aromatic rings. The standard InChI is InChI=1S/C62H38N2/c1-2-14-43(15-3-1)63(46-30-31-53-51-20-7-6-18-49(51)47-16-4-5-17-48(47)50-19-8-9-21-52(50)60(53)38-46)44-28-26-39-34-56-57-35-40-27-29-45(33-42(40)37-59(57)58(56)36-41(39)32-44)64-61-24-12-10-22-54(61)55-23-11-13-25-62(55)64/h1-38H. The number of anilines is 3. The van der Waals surface area contributed by atoms with Crippen LogP contribution < -0.4 is 4.90 Å². The number of nitrogens with zero attached hydrogens (tertiary/aromatic N) is 2. The van der Waals surface area contributed by atoms with Crippen molar-refractivity contribution >= 4 is 60.4 Å². The van der Waals surface area contributed by atoms with Crippen molar-refractivity contribution in [1.29, 1.82) is 0 Å². The van der Waals surface area contributed by atoms with E-state index in [4.69, 9.17) is 0 Å². The van der Waals surface area contributed by atoms with Crippen molar-refractivity contribution in [2.75, 3.05) is 4.90 Å². The highest BCUT2D eigenvalue weighted by molar-refractivity contribution is 6.13. The van der Waals surface area contributed by atoms with Crippen LogP contribution in [-0.2, 0) is 0 Å². The van der Waals surface area contributed by atoms with Crippen LogP contribution in [0.25, 0.3) is 116 Å². The fourth-order valence-electron chi connectivity index (χ4n) is 10.9. The molecule has 11 aromatic carbocycles. The van der Waals surface area contributed by atoms with Gasteiger partial charge in [0.05, 0.1) is 11.0 Å². The van der Waals surface area contributed by atoms with Crippen LogP contribution >= 0.6 is 0 Å².